The fraction of sp³-hybridized carbons (Fsp3) is 0.160. The molecular weight excluding hydrogens is 443 g/mol. The van der Waals surface area contributed by atoms with Gasteiger partial charge in [0.25, 0.3) is 0 Å². The molecular formula is C25H22Cl2N4O. The van der Waals surface area contributed by atoms with Crippen LogP contribution in [0.3, 0.4) is 0 Å². The second-order valence-electron chi connectivity index (χ2n) is 7.45. The molecule has 0 aliphatic carbocycles. The Balaban J connectivity index is 1.45. The second-order valence-corrected chi connectivity index (χ2v) is 8.26. The first kappa shape index (κ1) is 22.1. The third-order valence-corrected chi connectivity index (χ3v) is 5.81. The lowest BCUT2D eigenvalue weighted by atomic mass is 10.1. The number of carbonyl (C=O) groups is 1. The normalized spacial score (nSPS) is 10.8. The number of carbonyl (C=O) groups excluding carboxylic acids is 1. The number of para-hydroxylation sites is 1. The number of aryl methyl sites for hydroxylation is 1. The van der Waals surface area contributed by atoms with E-state index in [0.29, 0.717) is 36.0 Å². The van der Waals surface area contributed by atoms with E-state index >= 15 is 0 Å². The Hall–Kier alpha value is -3.15. The molecule has 2 aromatic carbocycles. The second kappa shape index (κ2) is 10.4. The standard InChI is InChI=1S/C25H22Cl2N4O/c26-23-11-9-19(14-24(23)27)16-30(18-21-6-4-5-13-28-21)25(32)12-10-20-15-29-31(17-20)22-7-2-1-3-8-22/h1-9,11,13-15,17H,10,12,16,18H2. The molecule has 0 radical (unpaired) electrons. The van der Waals surface area contributed by atoms with Gasteiger partial charge in [0, 0.05) is 25.4 Å². The van der Waals surface area contributed by atoms with Gasteiger partial charge in [0.1, 0.15) is 0 Å². The molecule has 0 N–H and O–H groups in total. The number of aromatic nitrogens is 3. The lowest BCUT2D eigenvalue weighted by Gasteiger charge is -2.23. The van der Waals surface area contributed by atoms with E-state index in [9.17, 15) is 4.79 Å². The van der Waals surface area contributed by atoms with Gasteiger partial charge in [-0.15, -0.1) is 0 Å². The van der Waals surface area contributed by atoms with Crippen LogP contribution in [0.15, 0.2) is 85.3 Å². The molecule has 5 nitrogen and oxygen atoms in total. The van der Waals surface area contributed by atoms with Crippen LogP contribution in [0.4, 0.5) is 0 Å². The third-order valence-electron chi connectivity index (χ3n) is 5.07. The first-order valence-electron chi connectivity index (χ1n) is 10.3. The Labute approximate surface area is 197 Å². The minimum absolute atomic E-state index is 0.0363. The molecule has 4 rings (SSSR count). The fourth-order valence-electron chi connectivity index (χ4n) is 3.40. The highest BCUT2D eigenvalue weighted by atomic mass is 35.5. The first-order valence-corrected chi connectivity index (χ1v) is 11.0. The number of halogens is 2. The highest BCUT2D eigenvalue weighted by molar-refractivity contribution is 6.42. The molecule has 32 heavy (non-hydrogen) atoms. The summed E-state index contributed by atoms with van der Waals surface area (Å²) in [6, 6.07) is 21.0. The van der Waals surface area contributed by atoms with E-state index in [1.54, 1.807) is 23.2 Å². The van der Waals surface area contributed by atoms with Crippen LogP contribution in [0.5, 0.6) is 0 Å². The van der Waals surface area contributed by atoms with Gasteiger partial charge in [0.15, 0.2) is 0 Å². The third kappa shape index (κ3) is 5.75. The van der Waals surface area contributed by atoms with Gasteiger partial charge >= 0.3 is 0 Å². The van der Waals surface area contributed by atoms with Crippen LogP contribution in [0.2, 0.25) is 10.0 Å². The lowest BCUT2D eigenvalue weighted by Crippen LogP contribution is -2.30. The van der Waals surface area contributed by atoms with E-state index in [0.717, 1.165) is 22.5 Å². The van der Waals surface area contributed by atoms with Gasteiger partial charge in [-0.3, -0.25) is 9.78 Å². The van der Waals surface area contributed by atoms with Gasteiger partial charge in [-0.05, 0) is 53.9 Å². The smallest absolute Gasteiger partial charge is 0.223 e. The van der Waals surface area contributed by atoms with Gasteiger partial charge < -0.3 is 4.90 Å². The number of nitrogens with zero attached hydrogens (tertiary/aromatic N) is 4. The molecule has 0 spiro atoms. The van der Waals surface area contributed by atoms with E-state index in [1.807, 2.05) is 71.7 Å². The number of rotatable bonds is 8. The summed E-state index contributed by atoms with van der Waals surface area (Å²) in [6.07, 6.45) is 6.47. The number of benzene rings is 2. The molecule has 4 aromatic rings. The van der Waals surface area contributed by atoms with Crippen molar-refractivity contribution < 1.29 is 4.79 Å². The van der Waals surface area contributed by atoms with Crippen LogP contribution in [-0.4, -0.2) is 25.6 Å². The van der Waals surface area contributed by atoms with Gasteiger partial charge in [-0.2, -0.15) is 5.10 Å². The average molecular weight is 465 g/mol. The zero-order valence-electron chi connectivity index (χ0n) is 17.4. The van der Waals surface area contributed by atoms with Crippen LogP contribution >= 0.6 is 23.2 Å². The predicted molar refractivity (Wildman–Crippen MR) is 127 cm³/mol. The van der Waals surface area contributed by atoms with Crippen LogP contribution in [0.1, 0.15) is 23.2 Å². The van der Waals surface area contributed by atoms with E-state index < -0.39 is 0 Å². The SMILES string of the molecule is O=C(CCc1cnn(-c2ccccc2)c1)N(Cc1ccc(Cl)c(Cl)c1)Cc1ccccn1. The fourth-order valence-corrected chi connectivity index (χ4v) is 3.72. The minimum Gasteiger partial charge on any atom is -0.332 e. The van der Waals surface area contributed by atoms with Crippen molar-refractivity contribution in [3.63, 3.8) is 0 Å². The van der Waals surface area contributed by atoms with Crippen molar-refractivity contribution in [1.29, 1.82) is 0 Å². The topological polar surface area (TPSA) is 51.0 Å². The first-order chi connectivity index (χ1) is 15.6. The van der Waals surface area contributed by atoms with Crippen LogP contribution in [0.25, 0.3) is 5.69 Å². The van der Waals surface area contributed by atoms with Crippen molar-refractivity contribution in [3.05, 3.63) is 112 Å². The molecule has 2 heterocycles. The number of amides is 1. The quantitative estimate of drug-likeness (QED) is 0.334. The molecule has 7 heteroatoms. The van der Waals surface area contributed by atoms with Crippen molar-refractivity contribution in [2.45, 2.75) is 25.9 Å². The van der Waals surface area contributed by atoms with Gasteiger partial charge in [0.05, 0.1) is 34.2 Å². The number of hydrogen-bond acceptors (Lipinski definition) is 3. The lowest BCUT2D eigenvalue weighted by molar-refractivity contribution is -0.132. The Kier molecular flexibility index (Phi) is 7.20. The number of pyridine rings is 1. The van der Waals surface area contributed by atoms with Crippen LogP contribution in [0, 0.1) is 0 Å². The van der Waals surface area contributed by atoms with E-state index in [4.69, 9.17) is 23.2 Å². The predicted octanol–water partition coefficient (Wildman–Crippen LogP) is 5.74. The summed E-state index contributed by atoms with van der Waals surface area (Å²) < 4.78 is 1.82. The molecule has 0 saturated heterocycles. The minimum atomic E-state index is 0.0363. The van der Waals surface area contributed by atoms with E-state index in [1.165, 1.54) is 0 Å². The molecule has 0 saturated carbocycles. The largest absolute Gasteiger partial charge is 0.332 e. The van der Waals surface area contributed by atoms with Crippen molar-refractivity contribution in [2.24, 2.45) is 0 Å². The number of hydrogen-bond donors (Lipinski definition) is 0. The molecule has 0 bridgehead atoms. The monoisotopic (exact) mass is 464 g/mol. The molecule has 0 atom stereocenters. The van der Waals surface area contributed by atoms with E-state index in [2.05, 4.69) is 10.1 Å². The molecule has 1 amide bonds. The molecule has 0 unspecified atom stereocenters. The molecule has 162 valence electrons. The summed E-state index contributed by atoms with van der Waals surface area (Å²) >= 11 is 12.2. The van der Waals surface area contributed by atoms with Crippen molar-refractivity contribution >= 4 is 29.1 Å². The van der Waals surface area contributed by atoms with Crippen molar-refractivity contribution in [2.75, 3.05) is 0 Å². The average Bonchev–Trinajstić information content (AvgIpc) is 3.30. The van der Waals surface area contributed by atoms with Gasteiger partial charge in [-0.25, -0.2) is 4.68 Å². The molecule has 0 aliphatic rings. The zero-order valence-corrected chi connectivity index (χ0v) is 18.9. The summed E-state index contributed by atoms with van der Waals surface area (Å²) in [5.74, 6) is 0.0363. The highest BCUT2D eigenvalue weighted by Crippen LogP contribution is 2.24. The molecule has 0 aliphatic heterocycles. The summed E-state index contributed by atoms with van der Waals surface area (Å²) in [7, 11) is 0. The van der Waals surface area contributed by atoms with Gasteiger partial charge in [0.2, 0.25) is 5.91 Å². The maximum Gasteiger partial charge on any atom is 0.223 e. The highest BCUT2D eigenvalue weighted by Gasteiger charge is 2.16. The summed E-state index contributed by atoms with van der Waals surface area (Å²) in [6.45, 7) is 0.846. The Morgan fingerprint density at radius 1 is 0.906 bits per heavy atom. The summed E-state index contributed by atoms with van der Waals surface area (Å²) in [5, 5.41) is 5.39. The summed E-state index contributed by atoms with van der Waals surface area (Å²) in [5.41, 5.74) is 3.74. The zero-order chi connectivity index (χ0) is 22.3. The van der Waals surface area contributed by atoms with Crippen LogP contribution < -0.4 is 0 Å². The van der Waals surface area contributed by atoms with Gasteiger partial charge in [-0.1, -0.05) is 53.5 Å². The van der Waals surface area contributed by atoms with Crippen molar-refractivity contribution in [1.82, 2.24) is 19.7 Å². The Morgan fingerprint density at radius 3 is 2.47 bits per heavy atom. The van der Waals surface area contributed by atoms with Crippen molar-refractivity contribution in [3.8, 4) is 5.69 Å². The maximum absolute atomic E-state index is 13.2. The Bertz CT molecular complexity index is 1180. The summed E-state index contributed by atoms with van der Waals surface area (Å²) in [4.78, 5) is 19.3. The molecule has 0 fully saturated rings. The van der Waals surface area contributed by atoms with Crippen LogP contribution in [-0.2, 0) is 24.3 Å². The van der Waals surface area contributed by atoms with E-state index in [-0.39, 0.29) is 5.91 Å². The Morgan fingerprint density at radius 2 is 1.72 bits per heavy atom. The molecule has 2 aromatic heterocycles. The maximum atomic E-state index is 13.2.